The van der Waals surface area contributed by atoms with Crippen molar-refractivity contribution < 1.29 is 40.6 Å². The Balaban J connectivity index is 1.45. The Morgan fingerprint density at radius 3 is 2.59 bits per heavy atom. The predicted molar refractivity (Wildman–Crippen MR) is 163 cm³/mol. The molecule has 11 nitrogen and oxygen atoms in total. The van der Waals surface area contributed by atoms with Gasteiger partial charge in [-0.2, -0.15) is 13.2 Å². The zero-order chi connectivity index (χ0) is 33.2. The summed E-state index contributed by atoms with van der Waals surface area (Å²) in [6.45, 7) is 4.40. The Kier molecular flexibility index (Phi) is 9.19. The van der Waals surface area contributed by atoms with Gasteiger partial charge in [-0.25, -0.2) is 32.6 Å². The van der Waals surface area contributed by atoms with E-state index in [-0.39, 0.29) is 46.9 Å². The lowest BCUT2D eigenvalue weighted by Crippen LogP contribution is -2.47. The van der Waals surface area contributed by atoms with Gasteiger partial charge >= 0.3 is 12.3 Å². The normalized spacial score (nSPS) is 17.1. The van der Waals surface area contributed by atoms with E-state index in [1.54, 1.807) is 31.2 Å². The topological polar surface area (TPSA) is 147 Å². The van der Waals surface area contributed by atoms with Gasteiger partial charge in [-0.05, 0) is 55.2 Å². The molecular weight excluding hydrogens is 632 g/mol. The van der Waals surface area contributed by atoms with Crippen molar-refractivity contribution in [3.8, 4) is 22.9 Å². The molecule has 16 heteroatoms. The number of fused-ring (bicyclic) bond motifs is 1. The minimum atomic E-state index is -4.71. The summed E-state index contributed by atoms with van der Waals surface area (Å²) in [5.74, 6) is -1.51. The molecule has 1 amide bonds. The molecule has 0 radical (unpaired) electrons. The molecule has 46 heavy (non-hydrogen) atoms. The highest BCUT2D eigenvalue weighted by Gasteiger charge is 2.31. The van der Waals surface area contributed by atoms with Gasteiger partial charge < -0.3 is 20.1 Å². The van der Waals surface area contributed by atoms with Crippen molar-refractivity contribution in [1.29, 1.82) is 0 Å². The summed E-state index contributed by atoms with van der Waals surface area (Å²) in [5, 5.41) is 13.0. The van der Waals surface area contributed by atoms with Crippen LogP contribution in [0.3, 0.4) is 0 Å². The van der Waals surface area contributed by atoms with Gasteiger partial charge in [0.15, 0.2) is 0 Å². The number of piperidine rings is 1. The monoisotopic (exact) mass is 662 g/mol. The number of aromatic nitrogens is 3. The molecule has 2 aromatic heterocycles. The molecule has 3 N–H and O–H groups in total. The minimum absolute atomic E-state index is 0.0688. The van der Waals surface area contributed by atoms with E-state index in [4.69, 9.17) is 4.74 Å². The van der Waals surface area contributed by atoms with Crippen LogP contribution in [0.25, 0.3) is 22.0 Å². The maximum Gasteiger partial charge on any atom is 0.407 e. The third-order valence-corrected chi connectivity index (χ3v) is 8.63. The van der Waals surface area contributed by atoms with E-state index in [0.29, 0.717) is 23.4 Å². The van der Waals surface area contributed by atoms with Crippen molar-refractivity contribution in [2.45, 2.75) is 38.9 Å². The second-order valence-electron chi connectivity index (χ2n) is 11.1. The van der Waals surface area contributed by atoms with E-state index in [0.717, 1.165) is 12.5 Å². The quantitative estimate of drug-likeness (QED) is 0.173. The van der Waals surface area contributed by atoms with Crippen molar-refractivity contribution in [2.24, 2.45) is 5.92 Å². The van der Waals surface area contributed by atoms with Gasteiger partial charge in [-0.15, -0.1) is 0 Å². The molecule has 1 aliphatic rings. The number of carbonyl (C=O) groups is 1. The number of nitrogens with one attached hydrogen (secondary N) is 2. The molecule has 5 rings (SSSR count). The fourth-order valence-corrected chi connectivity index (χ4v) is 6.41. The number of hydrogen-bond acceptors (Lipinski definition) is 8. The zero-order valence-electron chi connectivity index (χ0n) is 24.7. The molecule has 1 aliphatic heterocycles. The number of anilines is 2. The molecule has 0 saturated carbocycles. The highest BCUT2D eigenvalue weighted by atomic mass is 32.2. The van der Waals surface area contributed by atoms with E-state index >= 15 is 0 Å². The summed E-state index contributed by atoms with van der Waals surface area (Å²) < 4.78 is 86.0. The minimum Gasteiger partial charge on any atom is -0.465 e. The maximum absolute atomic E-state index is 14.9. The molecule has 4 aromatic rings. The average Bonchev–Trinajstić information content (AvgIpc) is 2.99. The summed E-state index contributed by atoms with van der Waals surface area (Å²) >= 11 is 0. The van der Waals surface area contributed by atoms with Crippen LogP contribution in [0.15, 0.2) is 54.9 Å². The number of ether oxygens (including phenoxy) is 1. The molecule has 2 aromatic carbocycles. The summed E-state index contributed by atoms with van der Waals surface area (Å²) in [4.78, 5) is 26.2. The third-order valence-electron chi connectivity index (χ3n) is 7.37. The first-order valence-electron chi connectivity index (χ1n) is 14.2. The van der Waals surface area contributed by atoms with Crippen LogP contribution >= 0.6 is 0 Å². The summed E-state index contributed by atoms with van der Waals surface area (Å²) in [6, 6.07) is 10.2. The zero-order valence-corrected chi connectivity index (χ0v) is 25.5. The standard InChI is InChI=1S/C30H30F4N6O5S/c1-17-14-19(16-40(15-17)29(41)42)37-28-36-12-9-24(38-28)22-4-3-11-35-27(22)45-26-18(2)5-6-20-21(26)7-8-23(31)25(20)39-46(43,44)13-10-30(32,33)34/h3-9,11-12,17,19,39H,10,13-16H2,1-2H3,(H,41,42)(H,36,37,38). The SMILES string of the molecule is Cc1ccc2c(NS(=O)(=O)CCC(F)(F)F)c(F)ccc2c1Oc1ncccc1-c1ccnc(NC2CC(C)CN(C(=O)O)C2)n1. The number of halogens is 4. The largest absolute Gasteiger partial charge is 0.465 e. The Bertz CT molecular complexity index is 1870. The second kappa shape index (κ2) is 12.9. The van der Waals surface area contributed by atoms with Crippen molar-refractivity contribution in [3.05, 3.63) is 66.2 Å². The summed E-state index contributed by atoms with van der Waals surface area (Å²) in [6.07, 6.45) is -3.55. The lowest BCUT2D eigenvalue weighted by molar-refractivity contribution is -0.129. The number of rotatable bonds is 9. The number of pyridine rings is 1. The molecule has 1 fully saturated rings. The number of likely N-dealkylation sites (tertiary alicyclic amines) is 1. The number of aryl methyl sites for hydroxylation is 1. The molecule has 0 spiro atoms. The molecule has 2 unspecified atom stereocenters. The van der Waals surface area contributed by atoms with E-state index in [1.165, 1.54) is 29.4 Å². The van der Waals surface area contributed by atoms with E-state index in [1.807, 2.05) is 11.6 Å². The first-order valence-corrected chi connectivity index (χ1v) is 15.8. The summed E-state index contributed by atoms with van der Waals surface area (Å²) in [7, 11) is -4.55. The van der Waals surface area contributed by atoms with Crippen molar-refractivity contribution >= 4 is 38.5 Å². The van der Waals surface area contributed by atoms with Gasteiger partial charge in [0.1, 0.15) is 11.6 Å². The first kappa shape index (κ1) is 32.7. The molecule has 0 aliphatic carbocycles. The molecular formula is C30H30F4N6O5S. The van der Waals surface area contributed by atoms with Crippen molar-refractivity contribution in [1.82, 2.24) is 19.9 Å². The van der Waals surface area contributed by atoms with Gasteiger partial charge in [0, 0.05) is 42.3 Å². The third kappa shape index (κ3) is 7.73. The predicted octanol–water partition coefficient (Wildman–Crippen LogP) is 6.43. The van der Waals surface area contributed by atoms with Crippen LogP contribution in [0.2, 0.25) is 0 Å². The Labute approximate surface area is 261 Å². The number of carboxylic acid groups (broad SMARTS) is 1. The smallest absolute Gasteiger partial charge is 0.407 e. The first-order chi connectivity index (χ1) is 21.7. The van der Waals surface area contributed by atoms with Crippen molar-refractivity contribution in [3.63, 3.8) is 0 Å². The average molecular weight is 663 g/mol. The van der Waals surface area contributed by atoms with Gasteiger partial charge in [0.2, 0.25) is 21.9 Å². The van der Waals surface area contributed by atoms with Crippen LogP contribution in [0.4, 0.5) is 34.0 Å². The fourth-order valence-electron chi connectivity index (χ4n) is 5.29. The van der Waals surface area contributed by atoms with Gasteiger partial charge in [0.05, 0.1) is 29.1 Å². The van der Waals surface area contributed by atoms with Gasteiger partial charge in [-0.3, -0.25) is 4.72 Å². The van der Waals surface area contributed by atoms with Crippen molar-refractivity contribution in [2.75, 3.05) is 28.9 Å². The lowest BCUT2D eigenvalue weighted by Gasteiger charge is -2.35. The van der Waals surface area contributed by atoms with Crippen LogP contribution in [-0.4, -0.2) is 70.5 Å². The number of benzene rings is 2. The number of alkyl halides is 3. The van der Waals surface area contributed by atoms with E-state index in [9.17, 15) is 35.9 Å². The summed E-state index contributed by atoms with van der Waals surface area (Å²) in [5.41, 5.74) is 0.974. The molecule has 3 heterocycles. The molecule has 1 saturated heterocycles. The highest BCUT2D eigenvalue weighted by molar-refractivity contribution is 7.92. The van der Waals surface area contributed by atoms with Gasteiger partial charge in [-0.1, -0.05) is 19.1 Å². The van der Waals surface area contributed by atoms with Crippen LogP contribution < -0.4 is 14.8 Å². The maximum atomic E-state index is 14.9. The number of sulfonamides is 1. The van der Waals surface area contributed by atoms with E-state index < -0.39 is 46.0 Å². The number of amides is 1. The Morgan fingerprint density at radius 2 is 1.85 bits per heavy atom. The van der Waals surface area contributed by atoms with E-state index in [2.05, 4.69) is 20.3 Å². The molecule has 2 atom stereocenters. The van der Waals surface area contributed by atoms with Crippen LogP contribution in [0.5, 0.6) is 11.6 Å². The molecule has 0 bridgehead atoms. The van der Waals surface area contributed by atoms with Gasteiger partial charge in [0.25, 0.3) is 0 Å². The fraction of sp³-hybridized carbons (Fsp3) is 0.333. The van der Waals surface area contributed by atoms with Crippen LogP contribution in [-0.2, 0) is 10.0 Å². The highest BCUT2D eigenvalue weighted by Crippen LogP contribution is 2.40. The van der Waals surface area contributed by atoms with Crippen LogP contribution in [0.1, 0.15) is 25.3 Å². The number of hydrogen-bond donors (Lipinski definition) is 3. The Morgan fingerprint density at radius 1 is 1.09 bits per heavy atom. The number of nitrogens with zero attached hydrogens (tertiary/aromatic N) is 4. The molecule has 244 valence electrons. The second-order valence-corrected chi connectivity index (χ2v) is 13.0. The van der Waals surface area contributed by atoms with Crippen LogP contribution in [0, 0.1) is 18.7 Å². The Hall–Kier alpha value is -4.73. The lowest BCUT2D eigenvalue weighted by atomic mass is 9.96.